The van der Waals surface area contributed by atoms with Crippen LogP contribution in [0.4, 0.5) is 0 Å². The van der Waals surface area contributed by atoms with Crippen molar-refractivity contribution >= 4 is 21.6 Å². The van der Waals surface area contributed by atoms with Crippen LogP contribution in [0.2, 0.25) is 5.02 Å². The maximum Gasteiger partial charge on any atom is 0.241 e. The molecule has 0 radical (unpaired) electrons. The number of benzene rings is 1. The van der Waals surface area contributed by atoms with Crippen molar-refractivity contribution in [3.8, 4) is 5.75 Å². The molecule has 1 aromatic carbocycles. The van der Waals surface area contributed by atoms with Crippen molar-refractivity contribution in [2.75, 3.05) is 13.7 Å². The van der Waals surface area contributed by atoms with Crippen molar-refractivity contribution in [1.82, 2.24) is 4.72 Å². The average Bonchev–Trinajstić information content (AvgIpc) is 3.22. The molecule has 0 bridgehead atoms. The van der Waals surface area contributed by atoms with Crippen LogP contribution in [0.3, 0.4) is 0 Å². The zero-order valence-corrected chi connectivity index (χ0v) is 13.1. The predicted octanol–water partition coefficient (Wildman–Crippen LogP) is 1.75. The molecule has 3 N–H and O–H groups in total. The van der Waals surface area contributed by atoms with E-state index in [0.717, 1.165) is 12.8 Å². The Hall–Kier alpha value is -0.820. The Kier molecular flexibility index (Phi) is 4.30. The molecule has 1 aliphatic rings. The lowest BCUT2D eigenvalue weighted by molar-refractivity contribution is 0.374. The molecule has 2 rings (SSSR count). The van der Waals surface area contributed by atoms with Gasteiger partial charge in [-0.3, -0.25) is 0 Å². The number of methoxy groups -OCH3 is 1. The van der Waals surface area contributed by atoms with Crippen LogP contribution in [0.1, 0.15) is 19.8 Å². The van der Waals surface area contributed by atoms with Gasteiger partial charge in [0.05, 0.1) is 17.0 Å². The SMILES string of the molecule is COc1ccc(S(=O)(=O)NC(C)(CN)C2CC2)cc1Cl. The minimum atomic E-state index is -3.65. The lowest BCUT2D eigenvalue weighted by atomic mass is 9.98. The van der Waals surface area contributed by atoms with E-state index in [0.29, 0.717) is 11.7 Å². The number of ether oxygens (including phenoxy) is 1. The quantitative estimate of drug-likeness (QED) is 0.837. The minimum absolute atomic E-state index is 0.114. The van der Waals surface area contributed by atoms with Crippen molar-refractivity contribution in [1.29, 1.82) is 0 Å². The van der Waals surface area contributed by atoms with E-state index in [1.165, 1.54) is 25.3 Å². The molecule has 1 saturated carbocycles. The average molecular weight is 319 g/mol. The van der Waals surface area contributed by atoms with E-state index in [1.807, 2.05) is 6.92 Å². The first-order valence-electron chi connectivity index (χ1n) is 6.40. The summed E-state index contributed by atoms with van der Waals surface area (Å²) in [5.41, 5.74) is 5.13. The van der Waals surface area contributed by atoms with Gasteiger partial charge in [0, 0.05) is 12.1 Å². The lowest BCUT2D eigenvalue weighted by Gasteiger charge is -2.29. The highest BCUT2D eigenvalue weighted by Crippen LogP contribution is 2.40. The second-order valence-corrected chi connectivity index (χ2v) is 7.39. The van der Waals surface area contributed by atoms with Gasteiger partial charge in [-0.15, -0.1) is 0 Å². The molecule has 112 valence electrons. The van der Waals surface area contributed by atoms with Crippen LogP contribution in [0, 0.1) is 5.92 Å². The lowest BCUT2D eigenvalue weighted by Crippen LogP contribution is -2.52. The van der Waals surface area contributed by atoms with Crippen molar-refractivity contribution in [3.05, 3.63) is 23.2 Å². The second-order valence-electron chi connectivity index (χ2n) is 5.30. The molecule has 1 atom stereocenters. The van der Waals surface area contributed by atoms with E-state index in [2.05, 4.69) is 4.72 Å². The molecule has 0 amide bonds. The van der Waals surface area contributed by atoms with Crippen LogP contribution in [-0.4, -0.2) is 27.6 Å². The van der Waals surface area contributed by atoms with Gasteiger partial charge in [-0.1, -0.05) is 11.6 Å². The predicted molar refractivity (Wildman–Crippen MR) is 78.5 cm³/mol. The van der Waals surface area contributed by atoms with Crippen LogP contribution >= 0.6 is 11.6 Å². The maximum absolute atomic E-state index is 12.4. The number of rotatable bonds is 6. The summed E-state index contributed by atoms with van der Waals surface area (Å²) in [5.74, 6) is 0.741. The monoisotopic (exact) mass is 318 g/mol. The van der Waals surface area contributed by atoms with E-state index in [-0.39, 0.29) is 16.5 Å². The molecule has 0 spiro atoms. The third kappa shape index (κ3) is 3.09. The van der Waals surface area contributed by atoms with Gasteiger partial charge in [0.25, 0.3) is 0 Å². The standard InChI is InChI=1S/C13H19ClN2O3S/c1-13(8-15,9-3-4-9)16-20(17,18)10-5-6-12(19-2)11(14)7-10/h5-7,9,16H,3-4,8,15H2,1-2H3. The Morgan fingerprint density at radius 1 is 1.50 bits per heavy atom. The highest BCUT2D eigenvalue weighted by Gasteiger charge is 2.43. The minimum Gasteiger partial charge on any atom is -0.495 e. The Bertz CT molecular complexity index is 602. The maximum atomic E-state index is 12.4. The Morgan fingerprint density at radius 2 is 2.15 bits per heavy atom. The number of nitrogens with one attached hydrogen (secondary N) is 1. The van der Waals surface area contributed by atoms with Crippen LogP contribution in [0.15, 0.2) is 23.1 Å². The Balaban J connectivity index is 2.28. The normalized spacial score (nSPS) is 18.6. The van der Waals surface area contributed by atoms with Crippen LogP contribution < -0.4 is 15.2 Å². The summed E-state index contributed by atoms with van der Waals surface area (Å²) in [6, 6.07) is 4.39. The molecule has 5 nitrogen and oxygen atoms in total. The summed E-state index contributed by atoms with van der Waals surface area (Å²) in [7, 11) is -2.17. The van der Waals surface area contributed by atoms with Gasteiger partial charge in [0.1, 0.15) is 5.75 Å². The zero-order chi connectivity index (χ0) is 15.0. The highest BCUT2D eigenvalue weighted by atomic mass is 35.5. The summed E-state index contributed by atoms with van der Waals surface area (Å²) < 4.78 is 32.6. The largest absolute Gasteiger partial charge is 0.495 e. The first-order chi connectivity index (χ1) is 9.32. The smallest absolute Gasteiger partial charge is 0.241 e. The molecule has 20 heavy (non-hydrogen) atoms. The third-order valence-corrected chi connectivity index (χ3v) is 5.61. The molecule has 1 unspecified atom stereocenters. The van der Waals surface area contributed by atoms with Crippen LogP contribution in [0.25, 0.3) is 0 Å². The molecule has 0 saturated heterocycles. The van der Waals surface area contributed by atoms with E-state index >= 15 is 0 Å². The second kappa shape index (κ2) is 5.52. The van der Waals surface area contributed by atoms with Gasteiger partial charge < -0.3 is 10.5 Å². The van der Waals surface area contributed by atoms with E-state index < -0.39 is 15.6 Å². The first-order valence-corrected chi connectivity index (χ1v) is 8.26. The molecule has 1 aromatic rings. The fourth-order valence-corrected chi connectivity index (χ4v) is 4.02. The third-order valence-electron chi connectivity index (χ3n) is 3.70. The summed E-state index contributed by atoms with van der Waals surface area (Å²) >= 11 is 5.97. The van der Waals surface area contributed by atoms with Gasteiger partial charge in [0.15, 0.2) is 0 Å². The summed E-state index contributed by atoms with van der Waals surface area (Å²) in [6.45, 7) is 2.11. The van der Waals surface area contributed by atoms with Crippen molar-refractivity contribution < 1.29 is 13.2 Å². The number of sulfonamides is 1. The summed E-state index contributed by atoms with van der Waals surface area (Å²) in [4.78, 5) is 0.114. The molecule has 1 fully saturated rings. The number of hydrogen-bond donors (Lipinski definition) is 2. The summed E-state index contributed by atoms with van der Waals surface area (Å²) in [6.07, 6.45) is 2.00. The molecule has 0 aromatic heterocycles. The number of nitrogens with two attached hydrogens (primary N) is 1. The fraction of sp³-hybridized carbons (Fsp3) is 0.538. The van der Waals surface area contributed by atoms with Crippen molar-refractivity contribution in [3.63, 3.8) is 0 Å². The van der Waals surface area contributed by atoms with E-state index in [4.69, 9.17) is 22.1 Å². The van der Waals surface area contributed by atoms with Gasteiger partial charge in [-0.25, -0.2) is 13.1 Å². The van der Waals surface area contributed by atoms with E-state index in [9.17, 15) is 8.42 Å². The van der Waals surface area contributed by atoms with Gasteiger partial charge in [-0.2, -0.15) is 0 Å². The van der Waals surface area contributed by atoms with Crippen molar-refractivity contribution in [2.45, 2.75) is 30.2 Å². The van der Waals surface area contributed by atoms with Crippen LogP contribution in [0.5, 0.6) is 5.75 Å². The molecule has 0 aliphatic heterocycles. The van der Waals surface area contributed by atoms with Gasteiger partial charge in [0.2, 0.25) is 10.0 Å². The molecular weight excluding hydrogens is 300 g/mol. The van der Waals surface area contributed by atoms with Gasteiger partial charge in [-0.05, 0) is 43.9 Å². The Morgan fingerprint density at radius 3 is 2.60 bits per heavy atom. The molecule has 1 aliphatic carbocycles. The number of hydrogen-bond acceptors (Lipinski definition) is 4. The highest BCUT2D eigenvalue weighted by molar-refractivity contribution is 7.89. The fourth-order valence-electron chi connectivity index (χ4n) is 2.19. The zero-order valence-electron chi connectivity index (χ0n) is 11.5. The molecule has 0 heterocycles. The van der Waals surface area contributed by atoms with Crippen LogP contribution in [-0.2, 0) is 10.0 Å². The number of halogens is 1. The topological polar surface area (TPSA) is 81.4 Å². The molecular formula is C13H19ClN2O3S. The van der Waals surface area contributed by atoms with E-state index in [1.54, 1.807) is 0 Å². The van der Waals surface area contributed by atoms with Gasteiger partial charge >= 0.3 is 0 Å². The summed E-state index contributed by atoms with van der Waals surface area (Å²) in [5, 5.41) is 0.260. The first kappa shape index (κ1) is 15.6. The molecule has 7 heteroatoms. The Labute approximate surface area is 124 Å². The van der Waals surface area contributed by atoms with Crippen molar-refractivity contribution in [2.24, 2.45) is 11.7 Å².